The van der Waals surface area contributed by atoms with Crippen molar-refractivity contribution in [3.05, 3.63) is 0 Å². The maximum absolute atomic E-state index is 10.9. The predicted molar refractivity (Wildman–Crippen MR) is 51.4 cm³/mol. The van der Waals surface area contributed by atoms with Crippen molar-refractivity contribution in [1.29, 1.82) is 0 Å². The zero-order chi connectivity index (χ0) is 11.0. The molecule has 0 atom stereocenters. The second kappa shape index (κ2) is 7.06. The van der Waals surface area contributed by atoms with Gasteiger partial charge in [-0.15, -0.1) is 0 Å². The lowest BCUT2D eigenvalue weighted by atomic mass is 9.88. The van der Waals surface area contributed by atoms with Crippen LogP contribution in [0.5, 0.6) is 0 Å². The van der Waals surface area contributed by atoms with E-state index in [0.29, 0.717) is 16.9 Å². The van der Waals surface area contributed by atoms with Gasteiger partial charge in [0.05, 0.1) is 19.8 Å². The molecule has 0 aromatic carbocycles. The molecule has 8 heteroatoms. The Morgan fingerprint density at radius 2 is 2.00 bits per heavy atom. The van der Waals surface area contributed by atoms with E-state index in [2.05, 4.69) is 9.15 Å². The van der Waals surface area contributed by atoms with E-state index in [1.54, 1.807) is 6.92 Å². The summed E-state index contributed by atoms with van der Waals surface area (Å²) >= 11 is 0. The molecular weight excluding hydrogens is 224 g/mol. The monoisotopic (exact) mass is 240 g/mol. The van der Waals surface area contributed by atoms with Crippen LogP contribution in [-0.4, -0.2) is 49.7 Å². The van der Waals surface area contributed by atoms with Crippen LogP contribution >= 0.6 is 0 Å². The molecule has 0 bridgehead atoms. The van der Waals surface area contributed by atoms with Gasteiger partial charge in [-0.05, 0) is 6.42 Å². The van der Waals surface area contributed by atoms with Crippen LogP contribution in [-0.2, 0) is 18.0 Å². The Balaban J connectivity index is 3.99. The first-order chi connectivity index (χ1) is 6.64. The largest absolute Gasteiger partial charge is 0.800 e. The van der Waals surface area contributed by atoms with E-state index in [9.17, 15) is 4.46 Å². The molecule has 0 fully saturated rings. The maximum Gasteiger partial charge on any atom is 0.800 e. The average molecular weight is 240 g/mol. The van der Waals surface area contributed by atoms with Gasteiger partial charge in [-0.3, -0.25) is 9.04 Å². The summed E-state index contributed by atoms with van der Waals surface area (Å²) < 4.78 is 24.3. The molecule has 0 heterocycles. The highest BCUT2D eigenvalue weighted by atomic mass is 28.3. The van der Waals surface area contributed by atoms with Crippen molar-refractivity contribution in [2.45, 2.75) is 13.3 Å². The van der Waals surface area contributed by atoms with E-state index < -0.39 is 14.6 Å². The minimum absolute atomic E-state index is 0.0147. The Morgan fingerprint density at radius 1 is 1.43 bits per heavy atom. The molecule has 0 spiro atoms. The molecule has 0 rings (SSSR count). The SMILES string of the molecule is CCC(CO)(CO)CO[Si](=O)OO[SiH3]. The van der Waals surface area contributed by atoms with E-state index in [0.717, 1.165) is 0 Å². The molecule has 0 saturated carbocycles. The molecule has 0 aliphatic carbocycles. The van der Waals surface area contributed by atoms with Crippen molar-refractivity contribution in [2.75, 3.05) is 19.8 Å². The van der Waals surface area contributed by atoms with Crippen molar-refractivity contribution in [3.63, 3.8) is 0 Å². The van der Waals surface area contributed by atoms with Crippen LogP contribution in [0.15, 0.2) is 0 Å². The predicted octanol–water partition coefficient (Wildman–Crippen LogP) is -1.97. The van der Waals surface area contributed by atoms with Crippen molar-refractivity contribution in [3.8, 4) is 0 Å². The molecule has 14 heavy (non-hydrogen) atoms. The Hall–Kier alpha value is -0.286. The molecule has 84 valence electrons. The number of aliphatic hydroxyl groups is 2. The van der Waals surface area contributed by atoms with Crippen LogP contribution in [0.3, 0.4) is 0 Å². The Morgan fingerprint density at radius 3 is 2.36 bits per heavy atom. The zero-order valence-electron chi connectivity index (χ0n) is 8.36. The lowest BCUT2D eigenvalue weighted by molar-refractivity contribution is -0.131. The van der Waals surface area contributed by atoms with Crippen LogP contribution in [0.2, 0.25) is 0 Å². The highest BCUT2D eigenvalue weighted by molar-refractivity contribution is 6.26. The molecular formula is C6H16O6Si2. The minimum Gasteiger partial charge on any atom is -0.494 e. The van der Waals surface area contributed by atoms with E-state index in [1.807, 2.05) is 0 Å². The summed E-state index contributed by atoms with van der Waals surface area (Å²) in [7, 11) is -2.35. The molecule has 0 aromatic rings. The highest BCUT2D eigenvalue weighted by Gasteiger charge is 2.29. The van der Waals surface area contributed by atoms with Crippen molar-refractivity contribution >= 4 is 19.7 Å². The quantitative estimate of drug-likeness (QED) is 0.291. The summed E-state index contributed by atoms with van der Waals surface area (Å²) in [6.45, 7) is 1.34. The maximum atomic E-state index is 10.9. The first-order valence-electron chi connectivity index (χ1n) is 4.23. The summed E-state index contributed by atoms with van der Waals surface area (Å²) in [5, 5.41) is 18.0. The van der Waals surface area contributed by atoms with Crippen LogP contribution in [0.25, 0.3) is 0 Å². The van der Waals surface area contributed by atoms with Gasteiger partial charge in [0.1, 0.15) is 0 Å². The Kier molecular flexibility index (Phi) is 6.92. The third-order valence-electron chi connectivity index (χ3n) is 2.07. The summed E-state index contributed by atoms with van der Waals surface area (Å²) in [6.07, 6.45) is 0.525. The lowest BCUT2D eigenvalue weighted by Gasteiger charge is -2.27. The van der Waals surface area contributed by atoms with Crippen molar-refractivity contribution < 1.29 is 28.3 Å². The second-order valence-corrected chi connectivity index (χ2v) is 4.25. The molecule has 0 aliphatic heterocycles. The third-order valence-corrected chi connectivity index (χ3v) is 3.25. The van der Waals surface area contributed by atoms with Crippen LogP contribution in [0.4, 0.5) is 0 Å². The number of aliphatic hydroxyl groups excluding tert-OH is 2. The lowest BCUT2D eigenvalue weighted by Crippen LogP contribution is -2.36. The third kappa shape index (κ3) is 4.29. The summed E-state index contributed by atoms with van der Waals surface area (Å²) in [5.41, 5.74) is -0.755. The molecule has 0 radical (unpaired) electrons. The van der Waals surface area contributed by atoms with E-state index >= 15 is 0 Å². The van der Waals surface area contributed by atoms with Gasteiger partial charge in [-0.25, -0.2) is 0 Å². The van der Waals surface area contributed by atoms with Crippen LogP contribution in [0.1, 0.15) is 13.3 Å². The van der Waals surface area contributed by atoms with Crippen molar-refractivity contribution in [2.24, 2.45) is 5.41 Å². The Bertz CT molecular complexity index is 163. The van der Waals surface area contributed by atoms with E-state index in [-0.39, 0.29) is 19.8 Å². The van der Waals surface area contributed by atoms with Gasteiger partial charge in [-0.1, -0.05) is 6.92 Å². The summed E-state index contributed by atoms with van der Waals surface area (Å²) in [5.74, 6) is 0. The normalized spacial score (nSPS) is 11.4. The van der Waals surface area contributed by atoms with Gasteiger partial charge in [0.2, 0.25) is 10.5 Å². The van der Waals surface area contributed by atoms with Gasteiger partial charge in [-0.2, -0.15) is 0 Å². The van der Waals surface area contributed by atoms with Gasteiger partial charge >= 0.3 is 9.17 Å². The van der Waals surface area contributed by atoms with Crippen LogP contribution in [0, 0.1) is 5.41 Å². The molecule has 6 nitrogen and oxygen atoms in total. The fourth-order valence-corrected chi connectivity index (χ4v) is 1.79. The fourth-order valence-electron chi connectivity index (χ4n) is 0.771. The number of hydrogen-bond acceptors (Lipinski definition) is 6. The fraction of sp³-hybridized carbons (Fsp3) is 1.00. The highest BCUT2D eigenvalue weighted by Crippen LogP contribution is 2.20. The molecule has 2 N–H and O–H groups in total. The Labute approximate surface area is 87.2 Å². The topological polar surface area (TPSA) is 85.2 Å². The van der Waals surface area contributed by atoms with Gasteiger partial charge in [0, 0.05) is 5.41 Å². The van der Waals surface area contributed by atoms with Gasteiger partial charge in [0.15, 0.2) is 0 Å². The van der Waals surface area contributed by atoms with Crippen molar-refractivity contribution in [1.82, 2.24) is 0 Å². The molecule has 0 aliphatic rings. The van der Waals surface area contributed by atoms with Crippen LogP contribution < -0.4 is 0 Å². The molecule has 0 saturated heterocycles. The zero-order valence-corrected chi connectivity index (χ0v) is 11.4. The summed E-state index contributed by atoms with van der Waals surface area (Å²) in [6, 6.07) is 0. The first kappa shape index (κ1) is 13.7. The minimum atomic E-state index is -2.66. The molecule has 0 unspecified atom stereocenters. The standard InChI is InChI=1S/C6H16O6Si2/c1-2-6(3-7,4-8)5-10-14(9)12-11-13/h7-8H,2-5H2,1,13H3. The van der Waals surface area contributed by atoms with Gasteiger partial charge < -0.3 is 19.2 Å². The molecule has 0 aromatic heterocycles. The van der Waals surface area contributed by atoms with E-state index in [4.69, 9.17) is 14.6 Å². The summed E-state index contributed by atoms with van der Waals surface area (Å²) in [4.78, 5) is 0. The molecule has 0 amide bonds. The number of rotatable bonds is 8. The van der Waals surface area contributed by atoms with E-state index in [1.165, 1.54) is 0 Å². The van der Waals surface area contributed by atoms with Gasteiger partial charge in [0.25, 0.3) is 0 Å². The first-order valence-corrected chi connectivity index (χ1v) is 6.27. The second-order valence-electron chi connectivity index (χ2n) is 2.96. The average Bonchev–Trinajstić information content (AvgIpc) is 2.21. The number of hydrogen-bond donors (Lipinski definition) is 2. The smallest absolute Gasteiger partial charge is 0.494 e.